The van der Waals surface area contributed by atoms with Gasteiger partial charge in [0, 0.05) is 24.4 Å². The summed E-state index contributed by atoms with van der Waals surface area (Å²) in [6, 6.07) is 10.8. The summed E-state index contributed by atoms with van der Waals surface area (Å²) in [4.78, 5) is 7.34. The summed E-state index contributed by atoms with van der Waals surface area (Å²) in [5, 5.41) is -0.462. The summed E-state index contributed by atoms with van der Waals surface area (Å²) in [6.45, 7) is 5.93. The molecule has 0 saturated carbocycles. The molecule has 2 aromatic rings. The second-order valence-corrected chi connectivity index (χ2v) is 9.83. The summed E-state index contributed by atoms with van der Waals surface area (Å²) in [5.41, 5.74) is 0.811. The van der Waals surface area contributed by atoms with Gasteiger partial charge in [0.25, 0.3) is 0 Å². The molecule has 152 valence electrons. The first-order valence-electron chi connectivity index (χ1n) is 9.89. The molecule has 1 aromatic heterocycles. The van der Waals surface area contributed by atoms with Gasteiger partial charge in [0.1, 0.15) is 16.7 Å². The van der Waals surface area contributed by atoms with Gasteiger partial charge in [-0.3, -0.25) is 9.11 Å². The fourth-order valence-electron chi connectivity index (χ4n) is 3.86. The number of ether oxygens (including phenoxy) is 2. The molecule has 3 heterocycles. The molecule has 2 atom stereocenters. The number of nitrogens with zero attached hydrogens (tertiary/aromatic N) is 2. The van der Waals surface area contributed by atoms with E-state index < -0.39 is 21.9 Å². The standard InChI is InChI=1S/C21H28N2O4S/c1-16-21(27-18-7-2-3-8-19(18)28(16,24)25)17-9-10-20(22-15-17)26-14-6-13-23-11-4-5-12-23/h2-3,7-10,15-16,21,24-25H,4-6,11-14H2,1H3. The van der Waals surface area contributed by atoms with Gasteiger partial charge in [-0.1, -0.05) is 12.1 Å². The Morgan fingerprint density at radius 3 is 2.71 bits per heavy atom. The van der Waals surface area contributed by atoms with Gasteiger partial charge in [-0.05, 0) is 57.5 Å². The Hall–Kier alpha value is -1.80. The van der Waals surface area contributed by atoms with E-state index in [0.717, 1.165) is 18.5 Å². The van der Waals surface area contributed by atoms with Gasteiger partial charge in [-0.2, -0.15) is 10.6 Å². The van der Waals surface area contributed by atoms with Crippen LogP contribution in [0.2, 0.25) is 0 Å². The highest BCUT2D eigenvalue weighted by Gasteiger charge is 2.40. The molecule has 1 aromatic carbocycles. The van der Waals surface area contributed by atoms with Crippen molar-refractivity contribution in [2.75, 3.05) is 26.2 Å². The molecule has 2 aliphatic rings. The van der Waals surface area contributed by atoms with Crippen LogP contribution in [-0.4, -0.2) is 50.5 Å². The van der Waals surface area contributed by atoms with Crippen molar-refractivity contribution >= 4 is 10.6 Å². The Labute approximate surface area is 167 Å². The summed E-state index contributed by atoms with van der Waals surface area (Å²) >= 11 is 0. The molecule has 4 rings (SSSR count). The first kappa shape index (κ1) is 19.5. The Morgan fingerprint density at radius 1 is 1.18 bits per heavy atom. The van der Waals surface area contributed by atoms with Crippen LogP contribution in [0.1, 0.15) is 37.9 Å². The summed E-state index contributed by atoms with van der Waals surface area (Å²) < 4.78 is 33.3. The summed E-state index contributed by atoms with van der Waals surface area (Å²) in [7, 11) is -2.94. The normalized spacial score (nSPS) is 25.0. The lowest BCUT2D eigenvalue weighted by Gasteiger charge is -2.46. The quantitative estimate of drug-likeness (QED) is 0.687. The van der Waals surface area contributed by atoms with E-state index in [9.17, 15) is 9.11 Å². The van der Waals surface area contributed by atoms with Gasteiger partial charge < -0.3 is 14.4 Å². The molecule has 0 spiro atoms. The monoisotopic (exact) mass is 404 g/mol. The smallest absolute Gasteiger partial charge is 0.213 e. The molecule has 2 unspecified atom stereocenters. The largest absolute Gasteiger partial charge is 0.482 e. The van der Waals surface area contributed by atoms with E-state index in [2.05, 4.69) is 9.88 Å². The lowest BCUT2D eigenvalue weighted by molar-refractivity contribution is 0.180. The predicted octanol–water partition coefficient (Wildman–Crippen LogP) is 4.58. The number of para-hydroxylation sites is 1. The maximum atomic E-state index is 10.7. The van der Waals surface area contributed by atoms with Crippen LogP contribution < -0.4 is 9.47 Å². The van der Waals surface area contributed by atoms with Crippen molar-refractivity contribution in [1.82, 2.24) is 9.88 Å². The second kappa shape index (κ2) is 8.29. The van der Waals surface area contributed by atoms with Gasteiger partial charge in [0.2, 0.25) is 5.88 Å². The average molecular weight is 405 g/mol. The van der Waals surface area contributed by atoms with E-state index in [0.29, 0.717) is 23.1 Å². The van der Waals surface area contributed by atoms with E-state index >= 15 is 0 Å². The minimum absolute atomic E-state index is 0.461. The Bertz CT molecular complexity index is 793. The molecular weight excluding hydrogens is 376 g/mol. The van der Waals surface area contributed by atoms with Crippen molar-refractivity contribution in [3.63, 3.8) is 0 Å². The first-order chi connectivity index (χ1) is 13.6. The van der Waals surface area contributed by atoms with Crippen LogP contribution in [0.4, 0.5) is 0 Å². The Balaban J connectivity index is 1.38. The first-order valence-corrected chi connectivity index (χ1v) is 11.5. The fraction of sp³-hybridized carbons (Fsp3) is 0.476. The van der Waals surface area contributed by atoms with E-state index in [1.807, 2.05) is 18.2 Å². The zero-order valence-electron chi connectivity index (χ0n) is 16.2. The predicted molar refractivity (Wildman–Crippen MR) is 110 cm³/mol. The number of rotatable bonds is 6. The van der Waals surface area contributed by atoms with Crippen LogP contribution in [0.3, 0.4) is 0 Å². The van der Waals surface area contributed by atoms with Crippen LogP contribution in [0.5, 0.6) is 11.6 Å². The highest BCUT2D eigenvalue weighted by Crippen LogP contribution is 2.62. The lowest BCUT2D eigenvalue weighted by atomic mass is 10.1. The van der Waals surface area contributed by atoms with E-state index in [1.54, 1.807) is 31.3 Å². The van der Waals surface area contributed by atoms with Crippen molar-refractivity contribution in [3.8, 4) is 11.6 Å². The molecule has 0 aliphatic carbocycles. The molecule has 7 heteroatoms. The number of hydrogen-bond acceptors (Lipinski definition) is 6. The third kappa shape index (κ3) is 3.98. The van der Waals surface area contributed by atoms with Crippen LogP contribution in [-0.2, 0) is 0 Å². The molecule has 2 N–H and O–H groups in total. The third-order valence-electron chi connectivity index (χ3n) is 5.53. The number of likely N-dealkylation sites (tertiary alicyclic amines) is 1. The van der Waals surface area contributed by atoms with Crippen LogP contribution in [0.25, 0.3) is 0 Å². The highest BCUT2D eigenvalue weighted by atomic mass is 32.3. The fourth-order valence-corrected chi connectivity index (χ4v) is 5.51. The van der Waals surface area contributed by atoms with Crippen molar-refractivity contribution in [1.29, 1.82) is 0 Å². The number of hydrogen-bond donors (Lipinski definition) is 2. The molecule has 1 saturated heterocycles. The van der Waals surface area contributed by atoms with Crippen LogP contribution in [0, 0.1) is 0 Å². The number of pyridine rings is 1. The zero-order chi connectivity index (χ0) is 19.6. The zero-order valence-corrected chi connectivity index (χ0v) is 17.0. The Kier molecular flexibility index (Phi) is 5.78. The number of fused-ring (bicyclic) bond motifs is 1. The van der Waals surface area contributed by atoms with Gasteiger partial charge in [-0.15, -0.1) is 0 Å². The SMILES string of the molecule is CC1C(c2ccc(OCCCN3CCCC3)nc2)Oc2ccccc2S1(O)O. The van der Waals surface area contributed by atoms with Gasteiger partial charge in [-0.25, -0.2) is 4.98 Å². The highest BCUT2D eigenvalue weighted by molar-refractivity contribution is 8.25. The number of benzene rings is 1. The van der Waals surface area contributed by atoms with E-state index in [1.165, 1.54) is 25.9 Å². The second-order valence-electron chi connectivity index (χ2n) is 7.46. The van der Waals surface area contributed by atoms with Gasteiger partial charge >= 0.3 is 0 Å². The molecular formula is C21H28N2O4S. The number of aromatic nitrogens is 1. The average Bonchev–Trinajstić information content (AvgIpc) is 3.22. The van der Waals surface area contributed by atoms with E-state index in [-0.39, 0.29) is 0 Å². The van der Waals surface area contributed by atoms with Crippen molar-refractivity contribution in [2.24, 2.45) is 0 Å². The molecule has 28 heavy (non-hydrogen) atoms. The minimum atomic E-state index is -2.94. The third-order valence-corrected chi connectivity index (χ3v) is 7.80. The molecule has 0 amide bonds. The van der Waals surface area contributed by atoms with Crippen molar-refractivity contribution < 1.29 is 18.6 Å². The van der Waals surface area contributed by atoms with Gasteiger partial charge in [0.05, 0.1) is 11.9 Å². The topological polar surface area (TPSA) is 75.1 Å². The van der Waals surface area contributed by atoms with Crippen molar-refractivity contribution in [2.45, 2.75) is 42.4 Å². The van der Waals surface area contributed by atoms with Crippen molar-refractivity contribution in [3.05, 3.63) is 48.2 Å². The summed E-state index contributed by atoms with van der Waals surface area (Å²) in [6.07, 6.45) is 4.85. The maximum Gasteiger partial charge on any atom is 0.213 e. The molecule has 2 aliphatic heterocycles. The molecule has 1 fully saturated rings. The van der Waals surface area contributed by atoms with Crippen LogP contribution in [0.15, 0.2) is 47.5 Å². The van der Waals surface area contributed by atoms with Crippen LogP contribution >= 0.6 is 10.6 Å². The summed E-state index contributed by atoms with van der Waals surface area (Å²) in [5.74, 6) is 1.11. The molecule has 0 bridgehead atoms. The minimum Gasteiger partial charge on any atom is -0.482 e. The van der Waals surface area contributed by atoms with E-state index in [4.69, 9.17) is 9.47 Å². The molecule has 6 nitrogen and oxygen atoms in total. The Morgan fingerprint density at radius 2 is 1.96 bits per heavy atom. The van der Waals surface area contributed by atoms with Gasteiger partial charge in [0.15, 0.2) is 0 Å². The molecule has 0 radical (unpaired) electrons. The maximum absolute atomic E-state index is 10.7. The lowest BCUT2D eigenvalue weighted by Crippen LogP contribution is -2.31.